The molecule has 0 bridgehead atoms. The molecule has 1 saturated heterocycles. The summed E-state index contributed by atoms with van der Waals surface area (Å²) < 4.78 is 12.7. The Balaban J connectivity index is 1.47. The van der Waals surface area contributed by atoms with Gasteiger partial charge in [-0.1, -0.05) is 18.2 Å². The second-order valence-corrected chi connectivity index (χ2v) is 5.94. The summed E-state index contributed by atoms with van der Waals surface area (Å²) in [6, 6.07) is 8.62. The Kier molecular flexibility index (Phi) is 4.49. The highest BCUT2D eigenvalue weighted by molar-refractivity contribution is 7.17. The van der Waals surface area contributed by atoms with E-state index in [2.05, 4.69) is 29.6 Å². The molecule has 3 heteroatoms. The van der Waals surface area contributed by atoms with E-state index in [1.165, 1.54) is 28.5 Å². The molecule has 0 N–H and O–H groups in total. The third-order valence-electron chi connectivity index (χ3n) is 3.59. The topological polar surface area (TPSA) is 18.5 Å². The number of ether oxygens (including phenoxy) is 2. The normalized spacial score (nSPS) is 19.9. The van der Waals surface area contributed by atoms with E-state index in [1.54, 1.807) is 0 Å². The van der Waals surface area contributed by atoms with Crippen molar-refractivity contribution in [2.45, 2.75) is 38.4 Å². The molecule has 1 aromatic heterocycles. The lowest BCUT2D eigenvalue weighted by Crippen LogP contribution is -2.22. The molecule has 1 aliphatic rings. The summed E-state index contributed by atoms with van der Waals surface area (Å²) >= 11 is 1.83. The summed E-state index contributed by atoms with van der Waals surface area (Å²) in [6.45, 7) is 1.66. The van der Waals surface area contributed by atoms with Gasteiger partial charge in [0, 0.05) is 11.3 Å². The molecular formula is C16H20O2S. The number of hydrogen-bond donors (Lipinski definition) is 0. The Morgan fingerprint density at radius 3 is 3.11 bits per heavy atom. The maximum absolute atomic E-state index is 5.77. The van der Waals surface area contributed by atoms with Gasteiger partial charge in [0.15, 0.2) is 6.29 Å². The minimum absolute atomic E-state index is 0.0490. The van der Waals surface area contributed by atoms with Crippen LogP contribution >= 0.6 is 11.3 Å². The van der Waals surface area contributed by atoms with E-state index in [0.29, 0.717) is 0 Å². The highest BCUT2D eigenvalue weighted by Gasteiger charge is 2.13. The van der Waals surface area contributed by atoms with Crippen molar-refractivity contribution >= 4 is 21.4 Å². The van der Waals surface area contributed by atoms with Crippen molar-refractivity contribution in [2.75, 3.05) is 13.2 Å². The van der Waals surface area contributed by atoms with Gasteiger partial charge < -0.3 is 9.47 Å². The molecule has 1 aliphatic heterocycles. The summed E-state index contributed by atoms with van der Waals surface area (Å²) in [4.78, 5) is 0. The number of benzene rings is 1. The van der Waals surface area contributed by atoms with Crippen LogP contribution in [0.4, 0.5) is 0 Å². The smallest absolute Gasteiger partial charge is 0.157 e. The second kappa shape index (κ2) is 6.51. The average molecular weight is 276 g/mol. The summed E-state index contributed by atoms with van der Waals surface area (Å²) in [5, 5.41) is 3.68. The standard InChI is InChI=1S/C16H20O2S/c1-2-8-15-14(7-1)13(12-19-15)6-5-11-18-16-9-3-4-10-17-16/h1-2,7-8,12,16H,3-6,9-11H2. The molecule has 0 saturated carbocycles. The van der Waals surface area contributed by atoms with E-state index in [9.17, 15) is 0 Å². The number of aryl methyl sites for hydroxylation is 1. The van der Waals surface area contributed by atoms with E-state index in [-0.39, 0.29) is 6.29 Å². The molecule has 1 aromatic carbocycles. The van der Waals surface area contributed by atoms with Gasteiger partial charge in [0.1, 0.15) is 0 Å². The van der Waals surface area contributed by atoms with Crippen LogP contribution in [0.5, 0.6) is 0 Å². The maximum atomic E-state index is 5.77. The monoisotopic (exact) mass is 276 g/mol. The molecule has 2 nitrogen and oxygen atoms in total. The van der Waals surface area contributed by atoms with E-state index in [1.807, 2.05) is 11.3 Å². The lowest BCUT2D eigenvalue weighted by atomic mass is 10.1. The number of rotatable bonds is 5. The van der Waals surface area contributed by atoms with Gasteiger partial charge in [-0.15, -0.1) is 11.3 Å². The van der Waals surface area contributed by atoms with E-state index >= 15 is 0 Å². The molecule has 19 heavy (non-hydrogen) atoms. The predicted octanol–water partition coefficient (Wildman–Crippen LogP) is 4.38. The molecule has 0 aliphatic carbocycles. The largest absolute Gasteiger partial charge is 0.353 e. The van der Waals surface area contributed by atoms with Crippen LogP contribution in [-0.2, 0) is 15.9 Å². The first-order chi connectivity index (χ1) is 9.43. The van der Waals surface area contributed by atoms with Gasteiger partial charge in [0.25, 0.3) is 0 Å². The molecule has 1 unspecified atom stereocenters. The van der Waals surface area contributed by atoms with Crippen molar-refractivity contribution in [3.63, 3.8) is 0 Å². The van der Waals surface area contributed by atoms with Crippen LogP contribution in [0, 0.1) is 0 Å². The lowest BCUT2D eigenvalue weighted by molar-refractivity contribution is -0.162. The molecule has 0 amide bonds. The molecule has 1 atom stereocenters. The molecule has 1 fully saturated rings. The van der Waals surface area contributed by atoms with Crippen molar-refractivity contribution < 1.29 is 9.47 Å². The minimum atomic E-state index is 0.0490. The molecule has 2 aromatic rings. The Labute approximate surface area is 118 Å². The zero-order valence-corrected chi connectivity index (χ0v) is 12.0. The first-order valence-electron chi connectivity index (χ1n) is 7.12. The van der Waals surface area contributed by atoms with E-state index in [0.717, 1.165) is 32.5 Å². The van der Waals surface area contributed by atoms with Crippen molar-refractivity contribution in [1.82, 2.24) is 0 Å². The van der Waals surface area contributed by atoms with Gasteiger partial charge in [0.2, 0.25) is 0 Å². The summed E-state index contributed by atoms with van der Waals surface area (Å²) in [5.41, 5.74) is 1.45. The van der Waals surface area contributed by atoms with Crippen LogP contribution in [0.3, 0.4) is 0 Å². The Bertz CT molecular complexity index is 514. The molecule has 102 valence electrons. The van der Waals surface area contributed by atoms with Crippen molar-refractivity contribution in [2.24, 2.45) is 0 Å². The molecular weight excluding hydrogens is 256 g/mol. The van der Waals surface area contributed by atoms with Crippen LogP contribution in [0.2, 0.25) is 0 Å². The first-order valence-corrected chi connectivity index (χ1v) is 8.00. The van der Waals surface area contributed by atoms with Gasteiger partial charge in [-0.2, -0.15) is 0 Å². The third kappa shape index (κ3) is 3.35. The number of hydrogen-bond acceptors (Lipinski definition) is 3. The van der Waals surface area contributed by atoms with Crippen LogP contribution < -0.4 is 0 Å². The number of thiophene rings is 1. The van der Waals surface area contributed by atoms with Gasteiger partial charge in [-0.25, -0.2) is 0 Å². The zero-order chi connectivity index (χ0) is 12.9. The van der Waals surface area contributed by atoms with Crippen LogP contribution in [0.15, 0.2) is 29.6 Å². The highest BCUT2D eigenvalue weighted by Crippen LogP contribution is 2.26. The van der Waals surface area contributed by atoms with Crippen molar-refractivity contribution in [3.05, 3.63) is 35.2 Å². The number of fused-ring (bicyclic) bond motifs is 1. The minimum Gasteiger partial charge on any atom is -0.353 e. The maximum Gasteiger partial charge on any atom is 0.157 e. The quantitative estimate of drug-likeness (QED) is 0.755. The summed E-state index contributed by atoms with van der Waals surface area (Å²) in [5.74, 6) is 0. The zero-order valence-electron chi connectivity index (χ0n) is 11.1. The van der Waals surface area contributed by atoms with Gasteiger partial charge in [-0.3, -0.25) is 0 Å². The Morgan fingerprint density at radius 2 is 2.21 bits per heavy atom. The predicted molar refractivity (Wildman–Crippen MR) is 79.7 cm³/mol. The Hall–Kier alpha value is -0.900. The van der Waals surface area contributed by atoms with Crippen molar-refractivity contribution in [3.8, 4) is 0 Å². The van der Waals surface area contributed by atoms with E-state index < -0.39 is 0 Å². The molecule has 3 rings (SSSR count). The first kappa shape index (κ1) is 13.1. The van der Waals surface area contributed by atoms with Crippen LogP contribution in [0.1, 0.15) is 31.2 Å². The highest BCUT2D eigenvalue weighted by atomic mass is 32.1. The Morgan fingerprint density at radius 1 is 1.26 bits per heavy atom. The lowest BCUT2D eigenvalue weighted by Gasteiger charge is -2.22. The van der Waals surface area contributed by atoms with Gasteiger partial charge in [-0.05, 0) is 54.5 Å². The summed E-state index contributed by atoms with van der Waals surface area (Å²) in [7, 11) is 0. The fourth-order valence-electron chi connectivity index (χ4n) is 2.55. The van der Waals surface area contributed by atoms with Gasteiger partial charge in [0.05, 0.1) is 6.61 Å². The SMILES string of the molecule is c1ccc2c(CCCOC3CCCCO3)csc2c1. The fourth-order valence-corrected chi connectivity index (χ4v) is 3.54. The summed E-state index contributed by atoms with van der Waals surface area (Å²) in [6.07, 6.45) is 5.69. The average Bonchev–Trinajstić information content (AvgIpc) is 2.88. The fraction of sp³-hybridized carbons (Fsp3) is 0.500. The van der Waals surface area contributed by atoms with Crippen molar-refractivity contribution in [1.29, 1.82) is 0 Å². The van der Waals surface area contributed by atoms with Gasteiger partial charge >= 0.3 is 0 Å². The second-order valence-electron chi connectivity index (χ2n) is 5.03. The van der Waals surface area contributed by atoms with Crippen LogP contribution in [-0.4, -0.2) is 19.5 Å². The van der Waals surface area contributed by atoms with Crippen LogP contribution in [0.25, 0.3) is 10.1 Å². The third-order valence-corrected chi connectivity index (χ3v) is 4.61. The molecule has 0 radical (unpaired) electrons. The molecule has 2 heterocycles. The van der Waals surface area contributed by atoms with E-state index in [4.69, 9.17) is 9.47 Å². The molecule has 0 spiro atoms.